The van der Waals surface area contributed by atoms with Crippen LogP contribution >= 0.6 is 0 Å². The first-order chi connectivity index (χ1) is 9.17. The molecule has 0 atom stereocenters. The quantitative estimate of drug-likeness (QED) is 0.502. The summed E-state index contributed by atoms with van der Waals surface area (Å²) in [6, 6.07) is 6.55. The molecule has 0 aliphatic heterocycles. The summed E-state index contributed by atoms with van der Waals surface area (Å²) in [6.07, 6.45) is 6.68. The molecule has 0 aliphatic carbocycles. The van der Waals surface area contributed by atoms with Gasteiger partial charge in [0.25, 0.3) is 0 Å². The Bertz CT molecular complexity index is 487. The Hall–Kier alpha value is -2.36. The number of allylic oxidation sites excluding steroid dienone is 3. The molecule has 100 valence electrons. The second kappa shape index (κ2) is 7.87. The zero-order valence-corrected chi connectivity index (χ0v) is 11.1. The van der Waals surface area contributed by atoms with E-state index in [1.807, 2.05) is 13.0 Å². The van der Waals surface area contributed by atoms with Crippen LogP contribution in [0, 0.1) is 0 Å². The lowest BCUT2D eigenvalue weighted by Gasteiger charge is -2.04. The maximum Gasteiger partial charge on any atom is 0.338 e. The van der Waals surface area contributed by atoms with E-state index in [2.05, 4.69) is 5.32 Å². The summed E-state index contributed by atoms with van der Waals surface area (Å²) < 4.78 is 4.87. The van der Waals surface area contributed by atoms with Crippen molar-refractivity contribution in [3.8, 4) is 0 Å². The Labute approximate surface area is 112 Å². The third kappa shape index (κ3) is 5.21. The van der Waals surface area contributed by atoms with E-state index in [0.717, 1.165) is 0 Å². The minimum absolute atomic E-state index is 0.220. The Morgan fingerprint density at radius 2 is 1.89 bits per heavy atom. The van der Waals surface area contributed by atoms with Crippen molar-refractivity contribution in [1.29, 1.82) is 0 Å². The van der Waals surface area contributed by atoms with Crippen molar-refractivity contribution in [3.05, 3.63) is 54.1 Å². The van der Waals surface area contributed by atoms with Crippen LogP contribution in [0.2, 0.25) is 0 Å². The van der Waals surface area contributed by atoms with Crippen molar-refractivity contribution >= 4 is 17.6 Å². The summed E-state index contributed by atoms with van der Waals surface area (Å²) in [5.41, 5.74) is 1.09. The minimum Gasteiger partial charge on any atom is -0.462 e. The highest BCUT2D eigenvalue weighted by Crippen LogP contribution is 2.10. The number of amides is 1. The molecule has 0 saturated heterocycles. The number of anilines is 1. The first kappa shape index (κ1) is 14.7. The molecule has 0 fully saturated rings. The number of carbonyl (C=O) groups is 2. The average molecular weight is 259 g/mol. The SMILES string of the molecule is C/C=C/C=C/C(=O)Nc1ccc(C(=O)OCC)cc1. The number of esters is 1. The molecule has 1 amide bonds. The highest BCUT2D eigenvalue weighted by Gasteiger charge is 2.05. The first-order valence-corrected chi connectivity index (χ1v) is 6.05. The summed E-state index contributed by atoms with van der Waals surface area (Å²) in [6.45, 7) is 3.97. The number of hydrogen-bond donors (Lipinski definition) is 1. The molecule has 1 N–H and O–H groups in total. The normalized spacial score (nSPS) is 10.8. The van der Waals surface area contributed by atoms with Crippen molar-refractivity contribution in [2.45, 2.75) is 13.8 Å². The van der Waals surface area contributed by atoms with Gasteiger partial charge in [-0.25, -0.2) is 4.79 Å². The van der Waals surface area contributed by atoms with Crippen LogP contribution in [0.15, 0.2) is 48.6 Å². The molecule has 4 heteroatoms. The summed E-state index contributed by atoms with van der Waals surface area (Å²) in [7, 11) is 0. The summed E-state index contributed by atoms with van der Waals surface area (Å²) in [5.74, 6) is -0.588. The highest BCUT2D eigenvalue weighted by molar-refractivity contribution is 5.99. The maximum absolute atomic E-state index is 11.5. The fourth-order valence-electron chi connectivity index (χ4n) is 1.34. The largest absolute Gasteiger partial charge is 0.462 e. The van der Waals surface area contributed by atoms with E-state index in [-0.39, 0.29) is 11.9 Å². The van der Waals surface area contributed by atoms with Gasteiger partial charge in [0.15, 0.2) is 0 Å². The standard InChI is InChI=1S/C15H17NO3/c1-3-5-6-7-14(17)16-13-10-8-12(9-11-13)15(18)19-4-2/h3,5-11H,4H2,1-2H3,(H,16,17)/b5-3+,7-6+. The van der Waals surface area contributed by atoms with Gasteiger partial charge in [-0.05, 0) is 38.1 Å². The van der Waals surface area contributed by atoms with Crippen LogP contribution < -0.4 is 5.32 Å². The predicted octanol–water partition coefficient (Wildman–Crippen LogP) is 2.93. The number of nitrogens with one attached hydrogen (secondary N) is 1. The van der Waals surface area contributed by atoms with Gasteiger partial charge in [-0.1, -0.05) is 18.2 Å². The van der Waals surface area contributed by atoms with Crippen molar-refractivity contribution in [3.63, 3.8) is 0 Å². The van der Waals surface area contributed by atoms with Gasteiger partial charge < -0.3 is 10.1 Å². The molecule has 4 nitrogen and oxygen atoms in total. The average Bonchev–Trinajstić information content (AvgIpc) is 2.40. The number of benzene rings is 1. The second-order valence-corrected chi connectivity index (χ2v) is 3.67. The highest BCUT2D eigenvalue weighted by atomic mass is 16.5. The lowest BCUT2D eigenvalue weighted by Crippen LogP contribution is -2.08. The van der Waals surface area contributed by atoms with Gasteiger partial charge in [0.1, 0.15) is 0 Å². The molecule has 0 heterocycles. The maximum atomic E-state index is 11.5. The van der Waals surface area contributed by atoms with Gasteiger partial charge >= 0.3 is 5.97 Å². The lowest BCUT2D eigenvalue weighted by atomic mass is 10.2. The summed E-state index contributed by atoms with van der Waals surface area (Å²) in [5, 5.41) is 2.69. The molecule has 0 saturated carbocycles. The van der Waals surface area contributed by atoms with Crippen LogP contribution in [0.5, 0.6) is 0 Å². The van der Waals surface area contributed by atoms with Gasteiger partial charge in [0.2, 0.25) is 5.91 Å². The molecule has 0 spiro atoms. The molecular weight excluding hydrogens is 242 g/mol. The molecule has 0 aliphatic rings. The number of rotatable bonds is 5. The van der Waals surface area contributed by atoms with E-state index in [1.165, 1.54) is 6.08 Å². The zero-order valence-electron chi connectivity index (χ0n) is 11.1. The van der Waals surface area contributed by atoms with Gasteiger partial charge in [-0.2, -0.15) is 0 Å². The fraction of sp³-hybridized carbons (Fsp3) is 0.200. The Kier molecular flexibility index (Phi) is 6.09. The zero-order chi connectivity index (χ0) is 14.1. The molecule has 1 aromatic carbocycles. The van der Waals surface area contributed by atoms with Crippen molar-refractivity contribution in [2.75, 3.05) is 11.9 Å². The van der Waals surface area contributed by atoms with Gasteiger partial charge in [-0.15, -0.1) is 0 Å². The van der Waals surface area contributed by atoms with E-state index >= 15 is 0 Å². The minimum atomic E-state index is -0.367. The van der Waals surface area contributed by atoms with Gasteiger partial charge in [0.05, 0.1) is 12.2 Å². The molecule has 0 bridgehead atoms. The van der Waals surface area contributed by atoms with Crippen molar-refractivity contribution in [2.24, 2.45) is 0 Å². The number of carbonyl (C=O) groups excluding carboxylic acids is 2. The van der Waals surface area contributed by atoms with Crippen LogP contribution in [-0.4, -0.2) is 18.5 Å². The molecule has 0 unspecified atom stereocenters. The third-order valence-corrected chi connectivity index (χ3v) is 2.21. The van der Waals surface area contributed by atoms with Crippen LogP contribution in [0.25, 0.3) is 0 Å². The Morgan fingerprint density at radius 1 is 1.21 bits per heavy atom. The molecule has 0 radical (unpaired) electrons. The monoisotopic (exact) mass is 259 g/mol. The van der Waals surface area contributed by atoms with Gasteiger partial charge in [0, 0.05) is 11.8 Å². The summed E-state index contributed by atoms with van der Waals surface area (Å²) >= 11 is 0. The van der Waals surface area contributed by atoms with Crippen molar-refractivity contribution < 1.29 is 14.3 Å². The van der Waals surface area contributed by atoms with Gasteiger partial charge in [-0.3, -0.25) is 4.79 Å². The first-order valence-electron chi connectivity index (χ1n) is 6.05. The predicted molar refractivity (Wildman–Crippen MR) is 75.0 cm³/mol. The van der Waals surface area contributed by atoms with Crippen LogP contribution in [0.4, 0.5) is 5.69 Å². The van der Waals surface area contributed by atoms with E-state index in [0.29, 0.717) is 17.9 Å². The Balaban J connectivity index is 2.62. The molecule has 1 rings (SSSR count). The number of hydrogen-bond acceptors (Lipinski definition) is 3. The van der Waals surface area contributed by atoms with E-state index in [1.54, 1.807) is 43.3 Å². The molecular formula is C15H17NO3. The number of ether oxygens (including phenoxy) is 1. The summed E-state index contributed by atoms with van der Waals surface area (Å²) in [4.78, 5) is 22.9. The van der Waals surface area contributed by atoms with Crippen LogP contribution in [0.1, 0.15) is 24.2 Å². The van der Waals surface area contributed by atoms with Crippen molar-refractivity contribution in [1.82, 2.24) is 0 Å². The van der Waals surface area contributed by atoms with E-state index < -0.39 is 0 Å². The second-order valence-electron chi connectivity index (χ2n) is 3.67. The molecule has 1 aromatic rings. The fourth-order valence-corrected chi connectivity index (χ4v) is 1.34. The topological polar surface area (TPSA) is 55.4 Å². The van der Waals surface area contributed by atoms with E-state index in [9.17, 15) is 9.59 Å². The van der Waals surface area contributed by atoms with E-state index in [4.69, 9.17) is 4.74 Å². The molecule has 0 aromatic heterocycles. The Morgan fingerprint density at radius 3 is 2.47 bits per heavy atom. The van der Waals surface area contributed by atoms with Crippen LogP contribution in [-0.2, 0) is 9.53 Å². The smallest absolute Gasteiger partial charge is 0.338 e. The van der Waals surface area contributed by atoms with Crippen LogP contribution in [0.3, 0.4) is 0 Å². The third-order valence-electron chi connectivity index (χ3n) is 2.21. The lowest BCUT2D eigenvalue weighted by molar-refractivity contribution is -0.111. The molecule has 19 heavy (non-hydrogen) atoms.